The quantitative estimate of drug-likeness (QED) is 0.0205. The van der Waals surface area contributed by atoms with Crippen molar-refractivity contribution in [3.05, 3.63) is 0 Å². The number of ketones is 1. The first kappa shape index (κ1) is 56.2. The molecule has 330 valence electrons. The predicted octanol–water partition coefficient (Wildman–Crippen LogP) is 11.1. The van der Waals surface area contributed by atoms with Gasteiger partial charge in [0.25, 0.3) is 0 Å². The van der Waals surface area contributed by atoms with E-state index in [1.807, 2.05) is 21.1 Å². The predicted molar refractivity (Wildman–Crippen MR) is 228 cm³/mol. The highest BCUT2D eigenvalue weighted by molar-refractivity contribution is 7.46. The van der Waals surface area contributed by atoms with E-state index in [2.05, 4.69) is 18.4 Å². The highest BCUT2D eigenvalue weighted by Gasteiger charge is 2.29. The molecule has 2 unspecified atom stereocenters. The van der Waals surface area contributed by atoms with Crippen LogP contribution in [-0.4, -0.2) is 89.3 Å². The van der Waals surface area contributed by atoms with Crippen LogP contribution < -0.4 is 0 Å². The number of aliphatic hydroxyl groups is 2. The number of rotatable bonds is 40. The Morgan fingerprint density at radius 2 is 0.855 bits per heavy atom. The molecule has 0 aliphatic rings. The van der Waals surface area contributed by atoms with Crippen molar-refractivity contribution in [2.75, 3.05) is 40.9 Å². The van der Waals surface area contributed by atoms with E-state index in [-0.39, 0.29) is 25.2 Å². The van der Waals surface area contributed by atoms with Crippen LogP contribution in [0.5, 0.6) is 0 Å². The minimum Gasteiger partial charge on any atom is -0.451 e. The maximum absolute atomic E-state index is 12.7. The van der Waals surface area contributed by atoms with Crippen LogP contribution in [0.4, 0.5) is 0 Å². The number of phosphoric acid groups is 1. The normalized spacial score (nSPS) is 13.0. The van der Waals surface area contributed by atoms with Crippen molar-refractivity contribution in [2.24, 2.45) is 0 Å². The number of quaternary nitrogens is 1. The molecular weight excluding hydrogens is 717 g/mol. The van der Waals surface area contributed by atoms with Crippen LogP contribution in [0.15, 0.2) is 0 Å². The summed E-state index contributed by atoms with van der Waals surface area (Å²) >= 11 is 0. The smallest absolute Gasteiger partial charge is 0.451 e. The van der Waals surface area contributed by atoms with Crippen LogP contribution in [0.1, 0.15) is 219 Å². The molecule has 0 spiro atoms. The zero-order valence-electron chi connectivity index (χ0n) is 36.6. The number of phosphoric ester groups is 1. The lowest BCUT2D eigenvalue weighted by molar-refractivity contribution is -0.870. The second-order valence-corrected chi connectivity index (χ2v) is 18.1. The van der Waals surface area contributed by atoms with Gasteiger partial charge >= 0.3 is 13.8 Å². The Morgan fingerprint density at radius 1 is 0.545 bits per heavy atom. The number of ether oxygens (including phenoxy) is 1. The summed E-state index contributed by atoms with van der Waals surface area (Å²) in [5, 5.41) is 19.5. The Hall–Kier alpha value is -0.870. The maximum atomic E-state index is 12.7. The number of Topliss-reactive ketones (excluding diaryl/α,β-unsaturated/α-hetero) is 1. The highest BCUT2D eigenvalue weighted by atomic mass is 31.2. The van der Waals surface area contributed by atoms with Gasteiger partial charge in [0, 0.05) is 12.8 Å². The van der Waals surface area contributed by atoms with Crippen molar-refractivity contribution >= 4 is 19.6 Å². The molecule has 0 amide bonds. The second kappa shape index (κ2) is 39.9. The molecule has 0 fully saturated rings. The minimum atomic E-state index is -4.26. The van der Waals surface area contributed by atoms with Crippen LogP contribution >= 0.6 is 7.82 Å². The SMILES string of the molecule is CCCCCCCCCCCCCCCCCC(=O)OC(C(=O)CCCCCCCCCCCCCCCCC)C(O)CO.C[N+](C)(C)CCOP(=O)(O)O. The zero-order chi connectivity index (χ0) is 41.5. The monoisotopic (exact) mass is 809 g/mol. The molecule has 0 aliphatic carbocycles. The Morgan fingerprint density at radius 3 is 1.15 bits per heavy atom. The van der Waals surface area contributed by atoms with Gasteiger partial charge in [0.1, 0.15) is 19.3 Å². The molecule has 2 atom stereocenters. The molecular formula is C44H91NO9P+. The van der Waals surface area contributed by atoms with Gasteiger partial charge in [0.2, 0.25) is 0 Å². The average Bonchev–Trinajstić information content (AvgIpc) is 3.12. The van der Waals surface area contributed by atoms with Crippen molar-refractivity contribution in [1.29, 1.82) is 0 Å². The third-order valence-corrected chi connectivity index (χ3v) is 10.7. The van der Waals surface area contributed by atoms with Crippen molar-refractivity contribution in [3.63, 3.8) is 0 Å². The molecule has 0 rings (SSSR count). The summed E-state index contributed by atoms with van der Waals surface area (Å²) in [6.45, 7) is 4.60. The third-order valence-electron chi connectivity index (χ3n) is 10.1. The summed E-state index contributed by atoms with van der Waals surface area (Å²) in [6.07, 6.45) is 35.9. The minimum absolute atomic E-state index is 0.0772. The first-order valence-corrected chi connectivity index (χ1v) is 24.3. The number of unbranched alkanes of at least 4 members (excludes halogenated alkanes) is 28. The molecule has 0 aliphatic heterocycles. The number of esters is 1. The summed E-state index contributed by atoms with van der Waals surface area (Å²) in [7, 11) is 1.50. The summed E-state index contributed by atoms with van der Waals surface area (Å²) in [6, 6.07) is 0. The van der Waals surface area contributed by atoms with Crippen LogP contribution in [-0.2, 0) is 23.4 Å². The van der Waals surface area contributed by atoms with E-state index in [1.54, 1.807) is 0 Å². The third kappa shape index (κ3) is 45.7. The largest absolute Gasteiger partial charge is 0.469 e. The van der Waals surface area contributed by atoms with Crippen LogP contribution in [0.25, 0.3) is 0 Å². The Kier molecular flexibility index (Phi) is 40.8. The summed E-state index contributed by atoms with van der Waals surface area (Å²) < 4.78 is 20.4. The van der Waals surface area contributed by atoms with E-state index < -0.39 is 32.6 Å². The zero-order valence-corrected chi connectivity index (χ0v) is 37.5. The van der Waals surface area contributed by atoms with Crippen LogP contribution in [0.3, 0.4) is 0 Å². The fraction of sp³-hybridized carbons (Fsp3) is 0.955. The van der Waals surface area contributed by atoms with E-state index in [1.165, 1.54) is 154 Å². The van der Waals surface area contributed by atoms with E-state index in [0.717, 1.165) is 38.5 Å². The molecule has 0 radical (unpaired) electrons. The number of hydrogen-bond donors (Lipinski definition) is 4. The van der Waals surface area contributed by atoms with E-state index in [4.69, 9.17) is 14.5 Å². The van der Waals surface area contributed by atoms with Crippen LogP contribution in [0.2, 0.25) is 0 Å². The topological polar surface area (TPSA) is 151 Å². The second-order valence-electron chi connectivity index (χ2n) is 16.9. The maximum Gasteiger partial charge on any atom is 0.469 e. The van der Waals surface area contributed by atoms with Gasteiger partial charge in [-0.1, -0.05) is 194 Å². The molecule has 11 heteroatoms. The molecule has 0 aromatic carbocycles. The molecule has 0 saturated heterocycles. The van der Waals surface area contributed by atoms with Gasteiger partial charge in [-0.25, -0.2) is 4.57 Å². The number of carbonyl (C=O) groups is 2. The molecule has 0 heterocycles. The number of hydrogen-bond acceptors (Lipinski definition) is 7. The Labute approximate surface area is 339 Å². The first-order chi connectivity index (χ1) is 26.3. The Bertz CT molecular complexity index is 893. The molecule has 55 heavy (non-hydrogen) atoms. The fourth-order valence-corrected chi connectivity index (χ4v) is 6.86. The van der Waals surface area contributed by atoms with Crippen LogP contribution in [0, 0.1) is 0 Å². The Balaban J connectivity index is 0. The molecule has 0 saturated carbocycles. The first-order valence-electron chi connectivity index (χ1n) is 22.8. The van der Waals surface area contributed by atoms with Crippen molar-refractivity contribution in [2.45, 2.75) is 232 Å². The highest BCUT2D eigenvalue weighted by Crippen LogP contribution is 2.35. The van der Waals surface area contributed by atoms with Crippen molar-refractivity contribution in [1.82, 2.24) is 0 Å². The van der Waals surface area contributed by atoms with E-state index in [9.17, 15) is 24.4 Å². The van der Waals surface area contributed by atoms with Gasteiger partial charge < -0.3 is 29.2 Å². The van der Waals surface area contributed by atoms with Gasteiger partial charge in [0.05, 0.1) is 27.7 Å². The summed E-state index contributed by atoms with van der Waals surface area (Å²) in [5.41, 5.74) is 0. The number of aliphatic hydroxyl groups excluding tert-OH is 2. The number of nitrogens with zero attached hydrogens (tertiary/aromatic N) is 1. The lowest BCUT2D eigenvalue weighted by atomic mass is 10.0. The van der Waals surface area contributed by atoms with E-state index >= 15 is 0 Å². The van der Waals surface area contributed by atoms with Gasteiger partial charge in [-0.3, -0.25) is 14.1 Å². The summed E-state index contributed by atoms with van der Waals surface area (Å²) in [5.74, 6) is -0.715. The lowest BCUT2D eigenvalue weighted by Gasteiger charge is -2.23. The fourth-order valence-electron chi connectivity index (χ4n) is 6.54. The molecule has 0 bridgehead atoms. The molecule has 4 N–H and O–H groups in total. The van der Waals surface area contributed by atoms with Gasteiger partial charge in [0.15, 0.2) is 11.9 Å². The standard InChI is InChI=1S/C39H76O5.C5H14NO4P/c1-3-5-7-9-11-13-15-17-19-21-23-25-27-29-31-33-36(41)39(37(42)35-40)44-38(43)34-32-30-28-26-24-22-20-18-16-14-12-10-8-6-4-2;1-6(2,3)4-5-10-11(7,8)9/h37,39-40,42H,3-35H2,1-2H3;4-5H2,1-3H3,(H-,7,8,9)/p+1. The molecule has 10 nitrogen and oxygen atoms in total. The lowest BCUT2D eigenvalue weighted by Crippen LogP contribution is -2.40. The number of carbonyl (C=O) groups excluding carboxylic acids is 2. The van der Waals surface area contributed by atoms with Gasteiger partial charge in [-0.15, -0.1) is 0 Å². The van der Waals surface area contributed by atoms with Gasteiger partial charge in [-0.2, -0.15) is 0 Å². The summed E-state index contributed by atoms with van der Waals surface area (Å²) in [4.78, 5) is 41.6. The van der Waals surface area contributed by atoms with Crippen molar-refractivity contribution < 1.29 is 47.9 Å². The number of likely N-dealkylation sites (N-methyl/N-ethyl adjacent to an activating group) is 1. The molecule has 0 aromatic rings. The average molecular weight is 809 g/mol. The van der Waals surface area contributed by atoms with Crippen molar-refractivity contribution in [3.8, 4) is 0 Å². The van der Waals surface area contributed by atoms with E-state index in [0.29, 0.717) is 11.0 Å². The molecule has 0 aromatic heterocycles. The van der Waals surface area contributed by atoms with Gasteiger partial charge in [-0.05, 0) is 12.8 Å².